The number of rotatable bonds is 6. The van der Waals surface area contributed by atoms with Gasteiger partial charge in [-0.15, -0.1) is 0 Å². The van der Waals surface area contributed by atoms with Crippen molar-refractivity contribution in [3.63, 3.8) is 0 Å². The van der Waals surface area contributed by atoms with Crippen LogP contribution < -0.4 is 15.7 Å². The molecule has 8 nitrogen and oxygen atoms in total. The first kappa shape index (κ1) is 22.3. The minimum absolute atomic E-state index is 0.0103. The molecule has 0 atom stereocenters. The first-order valence-electron chi connectivity index (χ1n) is 10.3. The van der Waals surface area contributed by atoms with Gasteiger partial charge in [0.1, 0.15) is 9.84 Å². The number of nitrogens with one attached hydrogen (secondary N) is 2. The third-order valence-corrected chi connectivity index (χ3v) is 7.53. The third-order valence-electron chi connectivity index (χ3n) is 5.81. The normalized spacial score (nSPS) is 20.2. The highest BCUT2D eigenvalue weighted by atomic mass is 32.2. The predicted octanol–water partition coefficient (Wildman–Crippen LogP) is 1.51. The summed E-state index contributed by atoms with van der Waals surface area (Å²) in [6.45, 7) is 1.56. The molecule has 2 amide bonds. The molecular weight excluding hydrogens is 406 g/mol. The molecule has 2 fully saturated rings. The molecule has 2 aliphatic heterocycles. The Hall–Kier alpha value is -2.39. The molecule has 0 bridgehead atoms. The van der Waals surface area contributed by atoms with Crippen LogP contribution in [0, 0.1) is 5.92 Å². The lowest BCUT2D eigenvalue weighted by molar-refractivity contribution is -0.124. The maximum atomic E-state index is 12.4. The molecule has 9 heteroatoms. The molecule has 0 saturated carbocycles. The number of carbonyl (C=O) groups is 2. The van der Waals surface area contributed by atoms with E-state index in [1.54, 1.807) is 11.6 Å². The summed E-state index contributed by atoms with van der Waals surface area (Å²) >= 11 is 0. The van der Waals surface area contributed by atoms with Gasteiger partial charge >= 0.3 is 0 Å². The van der Waals surface area contributed by atoms with Gasteiger partial charge in [0.05, 0.1) is 11.5 Å². The van der Waals surface area contributed by atoms with Crippen LogP contribution in [0.15, 0.2) is 30.3 Å². The van der Waals surface area contributed by atoms with E-state index >= 15 is 0 Å². The summed E-state index contributed by atoms with van der Waals surface area (Å²) in [6, 6.07) is 7.85. The number of nitrogens with zero attached hydrogens (tertiary/aromatic N) is 1. The van der Waals surface area contributed by atoms with Gasteiger partial charge in [-0.2, -0.15) is 0 Å². The largest absolute Gasteiger partial charge is 0.371 e. The zero-order chi connectivity index (χ0) is 21.6. The van der Waals surface area contributed by atoms with E-state index in [2.05, 4.69) is 10.2 Å². The van der Waals surface area contributed by atoms with Gasteiger partial charge in [0.15, 0.2) is 0 Å². The molecule has 0 radical (unpaired) electrons. The summed E-state index contributed by atoms with van der Waals surface area (Å²) in [7, 11) is -2.90. The van der Waals surface area contributed by atoms with Crippen LogP contribution in [-0.2, 0) is 19.4 Å². The number of sulfone groups is 1. The van der Waals surface area contributed by atoms with Crippen molar-refractivity contribution in [1.29, 1.82) is 0 Å². The second-order valence-corrected chi connectivity index (χ2v) is 10.3. The Balaban J connectivity index is 1.49. The Morgan fingerprint density at radius 3 is 2.43 bits per heavy atom. The fourth-order valence-corrected chi connectivity index (χ4v) is 5.66. The van der Waals surface area contributed by atoms with E-state index < -0.39 is 15.7 Å². The smallest absolute Gasteiger partial charge is 0.267 e. The van der Waals surface area contributed by atoms with Crippen molar-refractivity contribution < 1.29 is 23.2 Å². The molecule has 0 aromatic heterocycles. The van der Waals surface area contributed by atoms with Crippen LogP contribution in [0.4, 0.5) is 5.69 Å². The molecule has 2 heterocycles. The first-order chi connectivity index (χ1) is 14.4. The minimum atomic E-state index is -2.90. The van der Waals surface area contributed by atoms with E-state index in [0.717, 1.165) is 37.2 Å². The maximum absolute atomic E-state index is 12.4. The van der Waals surface area contributed by atoms with Crippen LogP contribution in [0.3, 0.4) is 0 Å². The second kappa shape index (κ2) is 10.1. The van der Waals surface area contributed by atoms with Crippen LogP contribution in [0.2, 0.25) is 0 Å². The molecule has 164 valence electrons. The summed E-state index contributed by atoms with van der Waals surface area (Å²) in [5.74, 6) is -0.0322. The molecule has 2 aliphatic rings. The fourth-order valence-electron chi connectivity index (χ4n) is 4.08. The topological polar surface area (TPSA) is 116 Å². The van der Waals surface area contributed by atoms with Crippen LogP contribution in [0.1, 0.15) is 37.7 Å². The summed E-state index contributed by atoms with van der Waals surface area (Å²) in [6.07, 6.45) is 6.14. The Morgan fingerprint density at radius 1 is 1.10 bits per heavy atom. The van der Waals surface area contributed by atoms with E-state index in [4.69, 9.17) is 5.21 Å². The lowest BCUT2D eigenvalue weighted by Gasteiger charge is -2.35. The zero-order valence-electron chi connectivity index (χ0n) is 16.9. The Bertz CT molecular complexity index is 878. The second-order valence-electron chi connectivity index (χ2n) is 8.00. The number of hydrogen-bond acceptors (Lipinski definition) is 6. The fraction of sp³-hybridized carbons (Fsp3) is 0.524. The molecule has 0 aliphatic carbocycles. The van der Waals surface area contributed by atoms with Gasteiger partial charge in [-0.05, 0) is 49.3 Å². The van der Waals surface area contributed by atoms with Crippen molar-refractivity contribution >= 4 is 33.4 Å². The standard InChI is InChI=1S/C21H29N3O5S/c25-20(23-27)6-5-17-3-1-2-4-19(17)24-11-7-18(8-12-24)22-21(26)15-16-9-13-30(28,29)14-10-16/h1-6,16,18,27H,7-15H2,(H,22,26)(H,23,25)/b6-5+. The van der Waals surface area contributed by atoms with Crippen molar-refractivity contribution in [3.8, 4) is 0 Å². The highest BCUT2D eigenvalue weighted by molar-refractivity contribution is 7.91. The molecule has 1 aromatic rings. The number of anilines is 1. The van der Waals surface area contributed by atoms with Crippen LogP contribution in [0.25, 0.3) is 6.08 Å². The third kappa shape index (κ3) is 6.30. The van der Waals surface area contributed by atoms with Crippen molar-refractivity contribution in [2.24, 2.45) is 5.92 Å². The molecule has 3 rings (SSSR count). The number of para-hydroxylation sites is 1. The number of benzene rings is 1. The van der Waals surface area contributed by atoms with Crippen LogP contribution in [-0.4, -0.2) is 56.1 Å². The van der Waals surface area contributed by atoms with Gasteiger partial charge in [0.2, 0.25) is 5.91 Å². The number of hydrogen-bond donors (Lipinski definition) is 3. The maximum Gasteiger partial charge on any atom is 0.267 e. The highest BCUT2D eigenvalue weighted by Crippen LogP contribution is 2.26. The number of piperidine rings is 1. The summed E-state index contributed by atoms with van der Waals surface area (Å²) in [5.41, 5.74) is 3.47. The SMILES string of the molecule is O=C(/C=C/c1ccccc1N1CCC(NC(=O)CC2CCS(=O)(=O)CC2)CC1)NO. The van der Waals surface area contributed by atoms with E-state index in [-0.39, 0.29) is 29.4 Å². The average Bonchev–Trinajstić information content (AvgIpc) is 2.74. The highest BCUT2D eigenvalue weighted by Gasteiger charge is 2.27. The van der Waals surface area contributed by atoms with E-state index in [9.17, 15) is 18.0 Å². The van der Waals surface area contributed by atoms with E-state index in [0.29, 0.717) is 19.3 Å². The first-order valence-corrected chi connectivity index (χ1v) is 12.1. The zero-order valence-corrected chi connectivity index (χ0v) is 17.7. The number of carbonyl (C=O) groups excluding carboxylic acids is 2. The minimum Gasteiger partial charge on any atom is -0.371 e. The summed E-state index contributed by atoms with van der Waals surface area (Å²) in [5, 5.41) is 11.7. The molecule has 0 spiro atoms. The van der Waals surface area contributed by atoms with Crippen molar-refractivity contribution in [3.05, 3.63) is 35.9 Å². The van der Waals surface area contributed by atoms with Crippen LogP contribution >= 0.6 is 0 Å². The van der Waals surface area contributed by atoms with Gasteiger partial charge in [0, 0.05) is 37.3 Å². The number of hydroxylamine groups is 1. The number of amides is 2. The van der Waals surface area contributed by atoms with Crippen LogP contribution in [0.5, 0.6) is 0 Å². The van der Waals surface area contributed by atoms with Gasteiger partial charge < -0.3 is 10.2 Å². The lowest BCUT2D eigenvalue weighted by atomic mass is 9.97. The van der Waals surface area contributed by atoms with Gasteiger partial charge in [-0.3, -0.25) is 14.8 Å². The average molecular weight is 436 g/mol. The Morgan fingerprint density at radius 2 is 1.77 bits per heavy atom. The molecule has 30 heavy (non-hydrogen) atoms. The lowest BCUT2D eigenvalue weighted by Crippen LogP contribution is -2.45. The Labute approximate surface area is 177 Å². The van der Waals surface area contributed by atoms with Gasteiger partial charge in [-0.25, -0.2) is 13.9 Å². The molecule has 0 unspecified atom stereocenters. The quantitative estimate of drug-likeness (QED) is 0.354. The van der Waals surface area contributed by atoms with Crippen molar-refractivity contribution in [2.45, 2.75) is 38.1 Å². The van der Waals surface area contributed by atoms with Crippen molar-refractivity contribution in [1.82, 2.24) is 10.8 Å². The molecule has 1 aromatic carbocycles. The molecular formula is C21H29N3O5S. The van der Waals surface area contributed by atoms with Gasteiger partial charge in [0.25, 0.3) is 5.91 Å². The Kier molecular flexibility index (Phi) is 7.49. The summed E-state index contributed by atoms with van der Waals surface area (Å²) in [4.78, 5) is 25.9. The monoisotopic (exact) mass is 435 g/mol. The summed E-state index contributed by atoms with van der Waals surface area (Å²) < 4.78 is 23.0. The molecule has 3 N–H and O–H groups in total. The van der Waals surface area contributed by atoms with E-state index in [1.807, 2.05) is 24.3 Å². The van der Waals surface area contributed by atoms with E-state index in [1.165, 1.54) is 6.08 Å². The molecule has 2 saturated heterocycles. The van der Waals surface area contributed by atoms with Gasteiger partial charge in [-0.1, -0.05) is 18.2 Å². The predicted molar refractivity (Wildman–Crippen MR) is 115 cm³/mol. The van der Waals surface area contributed by atoms with Crippen molar-refractivity contribution in [2.75, 3.05) is 29.5 Å².